The second kappa shape index (κ2) is 10.3. The molecule has 0 spiro atoms. The van der Waals surface area contributed by atoms with Gasteiger partial charge in [-0.25, -0.2) is 4.79 Å². The lowest BCUT2D eigenvalue weighted by Crippen LogP contribution is -2.30. The van der Waals surface area contributed by atoms with E-state index in [1.165, 1.54) is 0 Å². The van der Waals surface area contributed by atoms with Crippen LogP contribution in [0, 0.1) is 3.57 Å². The lowest BCUT2D eigenvalue weighted by atomic mass is 10.1. The highest BCUT2D eigenvalue weighted by atomic mass is 127. The van der Waals surface area contributed by atoms with E-state index in [-0.39, 0.29) is 12.5 Å². The van der Waals surface area contributed by atoms with E-state index in [9.17, 15) is 9.59 Å². The topological polar surface area (TPSA) is 46.6 Å². The van der Waals surface area contributed by atoms with Crippen molar-refractivity contribution in [2.45, 2.75) is 13.5 Å². The van der Waals surface area contributed by atoms with Crippen LogP contribution in [0.1, 0.15) is 33.2 Å². The number of hydrogen-bond donors (Lipinski definition) is 0. The van der Waals surface area contributed by atoms with Crippen molar-refractivity contribution < 1.29 is 14.3 Å². The first-order valence-corrected chi connectivity index (χ1v) is 11.0. The number of anilines is 1. The van der Waals surface area contributed by atoms with E-state index in [4.69, 9.17) is 27.9 Å². The molecule has 154 valence electrons. The number of hydrogen-bond acceptors (Lipinski definition) is 3. The Kier molecular flexibility index (Phi) is 7.75. The van der Waals surface area contributed by atoms with Crippen molar-refractivity contribution in [3.8, 4) is 0 Å². The summed E-state index contributed by atoms with van der Waals surface area (Å²) in [6.07, 6.45) is 0. The maximum atomic E-state index is 13.4. The third kappa shape index (κ3) is 5.33. The molecule has 30 heavy (non-hydrogen) atoms. The average molecular weight is 554 g/mol. The quantitative estimate of drug-likeness (QED) is 0.254. The minimum atomic E-state index is -0.409. The SMILES string of the molecule is CCOC(=O)c1ccc(N(Cc2c(Cl)cccc2Cl)C(=O)c2cccc(I)c2)cc1. The van der Waals surface area contributed by atoms with Gasteiger partial charge in [-0.2, -0.15) is 0 Å². The van der Waals surface area contributed by atoms with Crippen molar-refractivity contribution in [3.63, 3.8) is 0 Å². The van der Waals surface area contributed by atoms with E-state index in [0.717, 1.165) is 3.57 Å². The van der Waals surface area contributed by atoms with Crippen molar-refractivity contribution in [3.05, 3.63) is 97.0 Å². The fourth-order valence-electron chi connectivity index (χ4n) is 2.89. The Bertz CT molecular complexity index is 1050. The molecule has 0 N–H and O–H groups in total. The number of carbonyl (C=O) groups is 2. The molecule has 0 heterocycles. The maximum absolute atomic E-state index is 13.4. The van der Waals surface area contributed by atoms with Gasteiger partial charge in [0.15, 0.2) is 0 Å². The summed E-state index contributed by atoms with van der Waals surface area (Å²) in [6.45, 7) is 2.23. The molecule has 1 amide bonds. The normalized spacial score (nSPS) is 10.5. The molecule has 0 aliphatic heterocycles. The van der Waals surface area contributed by atoms with Gasteiger partial charge >= 0.3 is 5.97 Å². The molecular weight excluding hydrogens is 536 g/mol. The molecular formula is C23H18Cl2INO3. The highest BCUT2D eigenvalue weighted by Gasteiger charge is 2.21. The Morgan fingerprint density at radius 1 is 0.933 bits per heavy atom. The van der Waals surface area contributed by atoms with Gasteiger partial charge in [-0.3, -0.25) is 4.79 Å². The zero-order valence-corrected chi connectivity index (χ0v) is 19.7. The van der Waals surface area contributed by atoms with E-state index < -0.39 is 5.97 Å². The van der Waals surface area contributed by atoms with Crippen LogP contribution < -0.4 is 4.90 Å². The standard InChI is InChI=1S/C23H18Cl2INO3/c1-2-30-23(29)15-9-11-18(12-10-15)27(14-19-20(24)7-4-8-21(19)25)22(28)16-5-3-6-17(26)13-16/h3-13H,2,14H2,1H3. The average Bonchev–Trinajstić information content (AvgIpc) is 2.73. The van der Waals surface area contributed by atoms with E-state index in [0.29, 0.717) is 39.0 Å². The zero-order chi connectivity index (χ0) is 21.7. The lowest BCUT2D eigenvalue weighted by Gasteiger charge is -2.24. The minimum absolute atomic E-state index is 0.182. The second-order valence-corrected chi connectivity index (χ2v) is 8.43. The van der Waals surface area contributed by atoms with Crippen LogP contribution in [-0.4, -0.2) is 18.5 Å². The number of carbonyl (C=O) groups excluding carboxylic acids is 2. The maximum Gasteiger partial charge on any atom is 0.338 e. The molecule has 0 bridgehead atoms. The fourth-order valence-corrected chi connectivity index (χ4v) is 3.95. The van der Waals surface area contributed by atoms with Crippen LogP contribution >= 0.6 is 45.8 Å². The van der Waals surface area contributed by atoms with Gasteiger partial charge in [-0.1, -0.05) is 35.3 Å². The summed E-state index contributed by atoms with van der Waals surface area (Å²) in [5.74, 6) is -0.609. The van der Waals surface area contributed by atoms with Crippen molar-refractivity contribution in [1.29, 1.82) is 0 Å². The molecule has 3 aromatic carbocycles. The van der Waals surface area contributed by atoms with Crippen LogP contribution in [0.15, 0.2) is 66.7 Å². The molecule has 0 atom stereocenters. The van der Waals surface area contributed by atoms with Crippen molar-refractivity contribution in [2.75, 3.05) is 11.5 Å². The summed E-state index contributed by atoms with van der Waals surface area (Å²) >= 11 is 14.9. The van der Waals surface area contributed by atoms with Crippen LogP contribution in [0.25, 0.3) is 0 Å². The molecule has 0 unspecified atom stereocenters. The van der Waals surface area contributed by atoms with Crippen molar-refractivity contribution >= 4 is 63.4 Å². The van der Waals surface area contributed by atoms with Crippen LogP contribution in [0.3, 0.4) is 0 Å². The van der Waals surface area contributed by atoms with Crippen LogP contribution in [-0.2, 0) is 11.3 Å². The summed E-state index contributed by atoms with van der Waals surface area (Å²) in [5.41, 5.74) is 2.22. The van der Waals surface area contributed by atoms with Gasteiger partial charge in [0.2, 0.25) is 0 Å². The predicted molar refractivity (Wildman–Crippen MR) is 129 cm³/mol. The zero-order valence-electron chi connectivity index (χ0n) is 16.1. The Balaban J connectivity index is 2.01. The number of ether oxygens (including phenoxy) is 1. The van der Waals surface area contributed by atoms with Gasteiger partial charge < -0.3 is 9.64 Å². The third-order valence-corrected chi connectivity index (χ3v) is 5.76. The third-order valence-electron chi connectivity index (χ3n) is 4.38. The van der Waals surface area contributed by atoms with E-state index in [2.05, 4.69) is 22.6 Å². The Labute approximate surface area is 198 Å². The van der Waals surface area contributed by atoms with Gasteiger partial charge in [-0.05, 0) is 84.1 Å². The number of halogens is 3. The molecule has 0 aliphatic rings. The minimum Gasteiger partial charge on any atom is -0.462 e. The van der Waals surface area contributed by atoms with Gasteiger partial charge in [0, 0.05) is 30.4 Å². The molecule has 0 radical (unpaired) electrons. The molecule has 0 saturated heterocycles. The molecule has 0 saturated carbocycles. The smallest absolute Gasteiger partial charge is 0.338 e. The van der Waals surface area contributed by atoms with E-state index >= 15 is 0 Å². The summed E-state index contributed by atoms with van der Waals surface area (Å²) in [4.78, 5) is 26.9. The van der Waals surface area contributed by atoms with Crippen LogP contribution in [0.4, 0.5) is 5.69 Å². The second-order valence-electron chi connectivity index (χ2n) is 6.37. The lowest BCUT2D eigenvalue weighted by molar-refractivity contribution is 0.0526. The molecule has 3 rings (SSSR count). The molecule has 3 aromatic rings. The molecule has 7 heteroatoms. The van der Waals surface area contributed by atoms with E-state index in [1.807, 2.05) is 18.2 Å². The predicted octanol–water partition coefficient (Wildman–Crippen LogP) is 6.62. The molecule has 0 aliphatic carbocycles. The largest absolute Gasteiger partial charge is 0.462 e. The van der Waals surface area contributed by atoms with Crippen LogP contribution in [0.2, 0.25) is 10.0 Å². The fraction of sp³-hybridized carbons (Fsp3) is 0.130. The number of benzene rings is 3. The summed E-state index contributed by atoms with van der Waals surface area (Å²) in [6, 6.07) is 19.3. The molecule has 4 nitrogen and oxygen atoms in total. The highest BCUT2D eigenvalue weighted by Crippen LogP contribution is 2.29. The summed E-state index contributed by atoms with van der Waals surface area (Å²) in [5, 5.41) is 0.956. The molecule has 0 fully saturated rings. The van der Waals surface area contributed by atoms with Gasteiger partial charge in [0.05, 0.1) is 18.7 Å². The van der Waals surface area contributed by atoms with Gasteiger partial charge in [0.1, 0.15) is 0 Å². The van der Waals surface area contributed by atoms with Crippen LogP contribution in [0.5, 0.6) is 0 Å². The van der Waals surface area contributed by atoms with Crippen molar-refractivity contribution in [1.82, 2.24) is 0 Å². The number of esters is 1. The number of amides is 1. The van der Waals surface area contributed by atoms with E-state index in [1.54, 1.807) is 60.4 Å². The van der Waals surface area contributed by atoms with Crippen molar-refractivity contribution in [2.24, 2.45) is 0 Å². The first-order chi connectivity index (χ1) is 14.4. The summed E-state index contributed by atoms with van der Waals surface area (Å²) in [7, 11) is 0. The first kappa shape index (κ1) is 22.6. The Morgan fingerprint density at radius 2 is 1.57 bits per heavy atom. The van der Waals surface area contributed by atoms with Gasteiger partial charge in [-0.15, -0.1) is 0 Å². The highest BCUT2D eigenvalue weighted by molar-refractivity contribution is 14.1. The number of nitrogens with zero attached hydrogens (tertiary/aromatic N) is 1. The Hall–Kier alpha value is -2.09. The monoisotopic (exact) mass is 553 g/mol. The summed E-state index contributed by atoms with van der Waals surface area (Å²) < 4.78 is 5.98. The van der Waals surface area contributed by atoms with Gasteiger partial charge in [0.25, 0.3) is 5.91 Å². The number of rotatable bonds is 6. The Morgan fingerprint density at radius 3 is 2.17 bits per heavy atom. The first-order valence-electron chi connectivity index (χ1n) is 9.18. The molecule has 0 aromatic heterocycles.